The Kier molecular flexibility index (Phi) is 4.69. The number of rotatable bonds is 4. The molecule has 0 unspecified atom stereocenters. The van der Waals surface area contributed by atoms with Crippen LogP contribution >= 0.6 is 11.6 Å². The second-order valence-electron chi connectivity index (χ2n) is 6.54. The molecule has 2 aromatic carbocycles. The average Bonchev–Trinajstić information content (AvgIpc) is 3.03. The van der Waals surface area contributed by atoms with Gasteiger partial charge in [0.15, 0.2) is 0 Å². The third-order valence-electron chi connectivity index (χ3n) is 4.74. The summed E-state index contributed by atoms with van der Waals surface area (Å²) >= 11 is 6.43. The zero-order chi connectivity index (χ0) is 19.8. The van der Waals surface area contributed by atoms with Gasteiger partial charge in [0.25, 0.3) is 0 Å². The number of fused-ring (bicyclic) bond motifs is 1. The maximum absolute atomic E-state index is 14.8. The molecule has 0 aliphatic rings. The highest BCUT2D eigenvalue weighted by molar-refractivity contribution is 6.33. The van der Waals surface area contributed by atoms with Gasteiger partial charge in [0, 0.05) is 5.69 Å². The number of benzene rings is 2. The van der Waals surface area contributed by atoms with E-state index in [1.807, 2.05) is 54.6 Å². The Labute approximate surface area is 167 Å². The number of para-hydroxylation sites is 1. The van der Waals surface area contributed by atoms with E-state index in [0.29, 0.717) is 33.5 Å². The van der Waals surface area contributed by atoms with E-state index in [0.717, 1.165) is 16.9 Å². The quantitative estimate of drug-likeness (QED) is 0.449. The van der Waals surface area contributed by atoms with Crippen molar-refractivity contribution in [2.75, 3.05) is 12.4 Å². The van der Waals surface area contributed by atoms with Crippen LogP contribution in [0.4, 0.5) is 15.9 Å². The summed E-state index contributed by atoms with van der Waals surface area (Å²) < 4.78 is 22.2. The third kappa shape index (κ3) is 2.98. The number of pyridine rings is 1. The van der Waals surface area contributed by atoms with Crippen LogP contribution in [0.2, 0.25) is 5.02 Å². The summed E-state index contributed by atoms with van der Waals surface area (Å²) in [5.74, 6) is 0.645. The SMILES string of the molecule is COc1cccc(F)c1-c1nc2cccc(C)n2c1Nc1c(C)cccc1Cl. The van der Waals surface area contributed by atoms with Crippen molar-refractivity contribution in [2.24, 2.45) is 0 Å². The molecule has 0 saturated carbocycles. The second-order valence-corrected chi connectivity index (χ2v) is 6.95. The first kappa shape index (κ1) is 18.3. The molecule has 0 aliphatic heterocycles. The Morgan fingerprint density at radius 2 is 1.79 bits per heavy atom. The van der Waals surface area contributed by atoms with Gasteiger partial charge in [-0.15, -0.1) is 0 Å². The molecular formula is C22H19ClFN3O. The first-order chi connectivity index (χ1) is 13.5. The van der Waals surface area contributed by atoms with Crippen LogP contribution in [-0.4, -0.2) is 16.5 Å². The molecule has 0 spiro atoms. The van der Waals surface area contributed by atoms with Gasteiger partial charge < -0.3 is 10.1 Å². The molecule has 0 amide bonds. The highest BCUT2D eigenvalue weighted by atomic mass is 35.5. The fraction of sp³-hybridized carbons (Fsp3) is 0.136. The van der Waals surface area contributed by atoms with E-state index in [1.54, 1.807) is 12.1 Å². The van der Waals surface area contributed by atoms with Crippen LogP contribution in [0.15, 0.2) is 54.6 Å². The number of methoxy groups -OCH3 is 1. The number of aryl methyl sites for hydroxylation is 2. The molecule has 0 fully saturated rings. The molecular weight excluding hydrogens is 377 g/mol. The third-order valence-corrected chi connectivity index (χ3v) is 5.05. The molecule has 28 heavy (non-hydrogen) atoms. The van der Waals surface area contributed by atoms with Crippen LogP contribution in [0.25, 0.3) is 16.9 Å². The van der Waals surface area contributed by atoms with Gasteiger partial charge in [-0.25, -0.2) is 9.37 Å². The number of hydrogen-bond acceptors (Lipinski definition) is 3. The molecule has 0 bridgehead atoms. The van der Waals surface area contributed by atoms with Gasteiger partial charge >= 0.3 is 0 Å². The molecule has 0 aliphatic carbocycles. The first-order valence-corrected chi connectivity index (χ1v) is 9.22. The Balaban J connectivity index is 2.04. The zero-order valence-corrected chi connectivity index (χ0v) is 16.5. The first-order valence-electron chi connectivity index (χ1n) is 8.84. The molecule has 0 saturated heterocycles. The van der Waals surface area contributed by atoms with E-state index >= 15 is 0 Å². The maximum Gasteiger partial charge on any atom is 0.143 e. The molecule has 4 nitrogen and oxygen atoms in total. The minimum Gasteiger partial charge on any atom is -0.496 e. The number of nitrogens with zero attached hydrogens (tertiary/aromatic N) is 2. The lowest BCUT2D eigenvalue weighted by molar-refractivity contribution is 0.413. The molecule has 6 heteroatoms. The molecule has 142 valence electrons. The van der Waals surface area contributed by atoms with Gasteiger partial charge in [0.2, 0.25) is 0 Å². The van der Waals surface area contributed by atoms with Crippen molar-refractivity contribution in [3.05, 3.63) is 76.7 Å². The average molecular weight is 396 g/mol. The number of anilines is 2. The Morgan fingerprint density at radius 1 is 1.04 bits per heavy atom. The summed E-state index contributed by atoms with van der Waals surface area (Å²) in [5.41, 5.74) is 4.16. The highest BCUT2D eigenvalue weighted by Crippen LogP contribution is 2.40. The van der Waals surface area contributed by atoms with Crippen LogP contribution < -0.4 is 10.1 Å². The van der Waals surface area contributed by atoms with Crippen molar-refractivity contribution >= 4 is 28.8 Å². The number of aromatic nitrogens is 2. The molecule has 4 rings (SSSR count). The van der Waals surface area contributed by atoms with Crippen LogP contribution in [-0.2, 0) is 0 Å². The minimum absolute atomic E-state index is 0.306. The van der Waals surface area contributed by atoms with Gasteiger partial charge in [0.1, 0.15) is 28.7 Å². The van der Waals surface area contributed by atoms with Crippen molar-refractivity contribution in [1.82, 2.24) is 9.38 Å². The Morgan fingerprint density at radius 3 is 2.54 bits per heavy atom. The van der Waals surface area contributed by atoms with Gasteiger partial charge in [-0.3, -0.25) is 4.40 Å². The van der Waals surface area contributed by atoms with Crippen LogP contribution in [0.3, 0.4) is 0 Å². The number of halogens is 2. The van der Waals surface area contributed by atoms with E-state index in [9.17, 15) is 4.39 Å². The summed E-state index contributed by atoms with van der Waals surface area (Å²) in [5, 5.41) is 3.97. The minimum atomic E-state index is -0.403. The second kappa shape index (κ2) is 7.17. The monoisotopic (exact) mass is 395 g/mol. The van der Waals surface area contributed by atoms with E-state index in [1.165, 1.54) is 13.2 Å². The van der Waals surface area contributed by atoms with Crippen molar-refractivity contribution in [3.63, 3.8) is 0 Å². The molecule has 2 aromatic heterocycles. The summed E-state index contributed by atoms with van der Waals surface area (Å²) in [6, 6.07) is 16.2. The Hall–Kier alpha value is -3.05. The largest absolute Gasteiger partial charge is 0.496 e. The van der Waals surface area contributed by atoms with E-state index in [2.05, 4.69) is 5.32 Å². The van der Waals surface area contributed by atoms with Crippen LogP contribution in [0.5, 0.6) is 5.75 Å². The highest BCUT2D eigenvalue weighted by Gasteiger charge is 2.22. The Bertz CT molecular complexity index is 1170. The summed E-state index contributed by atoms with van der Waals surface area (Å²) in [7, 11) is 1.52. The molecule has 2 heterocycles. The number of hydrogen-bond donors (Lipinski definition) is 1. The van der Waals surface area contributed by atoms with E-state index < -0.39 is 5.82 Å². The number of nitrogens with one attached hydrogen (secondary N) is 1. The van der Waals surface area contributed by atoms with Crippen LogP contribution in [0.1, 0.15) is 11.3 Å². The van der Waals surface area contributed by atoms with Gasteiger partial charge in [0.05, 0.1) is 23.4 Å². The zero-order valence-electron chi connectivity index (χ0n) is 15.8. The molecule has 0 atom stereocenters. The van der Waals surface area contributed by atoms with Crippen molar-refractivity contribution in [1.29, 1.82) is 0 Å². The van der Waals surface area contributed by atoms with E-state index in [-0.39, 0.29) is 0 Å². The van der Waals surface area contributed by atoms with Crippen molar-refractivity contribution < 1.29 is 9.13 Å². The predicted octanol–water partition coefficient (Wildman–Crippen LogP) is 6.16. The van der Waals surface area contributed by atoms with Crippen LogP contribution in [0, 0.1) is 19.7 Å². The summed E-state index contributed by atoms with van der Waals surface area (Å²) in [4.78, 5) is 4.71. The lowest BCUT2D eigenvalue weighted by Crippen LogP contribution is -2.02. The van der Waals surface area contributed by atoms with Crippen molar-refractivity contribution in [2.45, 2.75) is 13.8 Å². The standard InChI is InChI=1S/C22H19ClFN3O/c1-13-7-4-9-15(23)20(13)26-22-21(19-16(24)10-6-11-17(19)28-3)25-18-12-5-8-14(2)27(18)22/h4-12,26H,1-3H3. The lowest BCUT2D eigenvalue weighted by atomic mass is 10.1. The smallest absolute Gasteiger partial charge is 0.143 e. The topological polar surface area (TPSA) is 38.6 Å². The lowest BCUT2D eigenvalue weighted by Gasteiger charge is -2.15. The predicted molar refractivity (Wildman–Crippen MR) is 111 cm³/mol. The number of imidazole rings is 1. The normalized spacial score (nSPS) is 11.0. The molecule has 1 N–H and O–H groups in total. The summed E-state index contributed by atoms with van der Waals surface area (Å²) in [6.07, 6.45) is 0. The maximum atomic E-state index is 14.8. The fourth-order valence-electron chi connectivity index (χ4n) is 3.36. The van der Waals surface area contributed by atoms with Crippen molar-refractivity contribution in [3.8, 4) is 17.0 Å². The molecule has 0 radical (unpaired) electrons. The van der Waals surface area contributed by atoms with Gasteiger partial charge in [-0.05, 0) is 49.7 Å². The number of ether oxygens (including phenoxy) is 1. The van der Waals surface area contributed by atoms with Gasteiger partial charge in [-0.1, -0.05) is 35.9 Å². The summed E-state index contributed by atoms with van der Waals surface area (Å²) in [6.45, 7) is 3.94. The van der Waals surface area contributed by atoms with E-state index in [4.69, 9.17) is 21.3 Å². The fourth-order valence-corrected chi connectivity index (χ4v) is 3.63. The van der Waals surface area contributed by atoms with Gasteiger partial charge in [-0.2, -0.15) is 0 Å². The molecule has 4 aromatic rings.